The summed E-state index contributed by atoms with van der Waals surface area (Å²) in [6.45, 7) is 0.809. The van der Waals surface area contributed by atoms with Crippen LogP contribution >= 0.6 is 0 Å². The normalized spacial score (nSPS) is 12.0. The standard InChI is InChI=1S/C9H18N8/c1-12-9(14-6-10)13-5-3-2-4-7-15-8(11)17-16-7/h9,12-14H,2-5H2,1H3,(H3,11,15,16,17). The van der Waals surface area contributed by atoms with E-state index in [1.54, 1.807) is 7.05 Å². The van der Waals surface area contributed by atoms with Gasteiger partial charge in [-0.05, 0) is 26.4 Å². The van der Waals surface area contributed by atoms with Gasteiger partial charge in [0.25, 0.3) is 0 Å². The molecule has 94 valence electrons. The number of hydrogen-bond donors (Lipinski definition) is 5. The number of nitriles is 1. The van der Waals surface area contributed by atoms with Crippen LogP contribution in [0.3, 0.4) is 0 Å². The number of nitrogens with two attached hydrogens (primary N) is 1. The number of hydrogen-bond acceptors (Lipinski definition) is 7. The highest BCUT2D eigenvalue weighted by Crippen LogP contribution is 1.99. The number of aromatic nitrogens is 3. The van der Waals surface area contributed by atoms with Crippen LogP contribution in [0.25, 0.3) is 0 Å². The summed E-state index contributed by atoms with van der Waals surface area (Å²) in [6, 6.07) is 0. The molecule has 0 bridgehead atoms. The molecule has 1 aromatic rings. The number of nitrogens with zero attached hydrogens (tertiary/aromatic N) is 3. The molecular weight excluding hydrogens is 220 g/mol. The van der Waals surface area contributed by atoms with Gasteiger partial charge in [0.2, 0.25) is 5.95 Å². The largest absolute Gasteiger partial charge is 0.367 e. The van der Waals surface area contributed by atoms with Crippen LogP contribution < -0.4 is 21.7 Å². The molecule has 0 aliphatic carbocycles. The summed E-state index contributed by atoms with van der Waals surface area (Å²) in [4.78, 5) is 4.01. The number of unbranched alkanes of at least 4 members (excludes halogenated alkanes) is 1. The summed E-state index contributed by atoms with van der Waals surface area (Å²) < 4.78 is 0. The van der Waals surface area contributed by atoms with Crippen LogP contribution in [0.5, 0.6) is 0 Å². The van der Waals surface area contributed by atoms with E-state index in [-0.39, 0.29) is 12.2 Å². The summed E-state index contributed by atoms with van der Waals surface area (Å²) in [5, 5.41) is 23.6. The van der Waals surface area contributed by atoms with Gasteiger partial charge >= 0.3 is 0 Å². The predicted molar refractivity (Wildman–Crippen MR) is 63.3 cm³/mol. The first kappa shape index (κ1) is 13.2. The van der Waals surface area contributed by atoms with Crippen LogP contribution in [0, 0.1) is 11.5 Å². The minimum absolute atomic E-state index is 0.180. The molecule has 0 saturated carbocycles. The molecule has 0 aliphatic rings. The highest BCUT2D eigenvalue weighted by atomic mass is 15.3. The number of nitrogens with one attached hydrogen (secondary N) is 4. The first-order valence-corrected chi connectivity index (χ1v) is 5.48. The molecule has 0 amide bonds. The Hall–Kier alpha value is -1.85. The zero-order valence-corrected chi connectivity index (χ0v) is 9.82. The van der Waals surface area contributed by atoms with E-state index in [0.717, 1.165) is 31.6 Å². The van der Waals surface area contributed by atoms with E-state index in [1.807, 2.05) is 6.19 Å². The van der Waals surface area contributed by atoms with Gasteiger partial charge in [-0.25, -0.2) is 0 Å². The Labute approximate surface area is 100.0 Å². The molecule has 17 heavy (non-hydrogen) atoms. The molecule has 0 aliphatic heterocycles. The average Bonchev–Trinajstić information content (AvgIpc) is 2.73. The van der Waals surface area contributed by atoms with E-state index < -0.39 is 0 Å². The summed E-state index contributed by atoms with van der Waals surface area (Å²) in [5.41, 5.74) is 5.39. The zero-order valence-electron chi connectivity index (χ0n) is 9.82. The van der Waals surface area contributed by atoms with Gasteiger partial charge in [0.1, 0.15) is 12.1 Å². The van der Waals surface area contributed by atoms with Gasteiger partial charge in [-0.15, -0.1) is 5.10 Å². The molecule has 8 heteroatoms. The van der Waals surface area contributed by atoms with Gasteiger partial charge in [0.15, 0.2) is 6.19 Å². The van der Waals surface area contributed by atoms with Crippen LogP contribution in [0.2, 0.25) is 0 Å². The smallest absolute Gasteiger partial charge is 0.239 e. The first-order chi connectivity index (χ1) is 8.26. The Morgan fingerprint density at radius 3 is 2.94 bits per heavy atom. The Balaban J connectivity index is 2.06. The van der Waals surface area contributed by atoms with E-state index in [4.69, 9.17) is 11.0 Å². The predicted octanol–water partition coefficient (Wildman–Crippen LogP) is -1.13. The molecule has 0 saturated heterocycles. The molecule has 1 atom stereocenters. The lowest BCUT2D eigenvalue weighted by Crippen LogP contribution is -2.49. The maximum atomic E-state index is 8.45. The Morgan fingerprint density at radius 1 is 1.53 bits per heavy atom. The van der Waals surface area contributed by atoms with Gasteiger partial charge in [-0.2, -0.15) is 10.2 Å². The van der Waals surface area contributed by atoms with Gasteiger partial charge < -0.3 is 5.73 Å². The third-order valence-corrected chi connectivity index (χ3v) is 2.24. The Bertz CT molecular complexity index is 354. The second-order valence-electron chi connectivity index (χ2n) is 3.53. The third-order valence-electron chi connectivity index (χ3n) is 2.24. The molecule has 0 aromatic carbocycles. The molecule has 1 rings (SSSR count). The highest BCUT2D eigenvalue weighted by Gasteiger charge is 2.02. The summed E-state index contributed by atoms with van der Waals surface area (Å²) in [5.74, 6) is 1.09. The van der Waals surface area contributed by atoms with Crippen molar-refractivity contribution in [1.82, 2.24) is 31.1 Å². The summed E-state index contributed by atoms with van der Waals surface area (Å²) in [7, 11) is 1.78. The molecule has 0 spiro atoms. The van der Waals surface area contributed by atoms with Crippen LogP contribution in [-0.4, -0.2) is 35.1 Å². The van der Waals surface area contributed by atoms with Crippen molar-refractivity contribution < 1.29 is 0 Å². The minimum atomic E-state index is -0.180. The monoisotopic (exact) mass is 238 g/mol. The molecule has 8 nitrogen and oxygen atoms in total. The fraction of sp³-hybridized carbons (Fsp3) is 0.667. The molecule has 1 aromatic heterocycles. The van der Waals surface area contributed by atoms with Gasteiger partial charge in [-0.1, -0.05) is 0 Å². The highest BCUT2D eigenvalue weighted by molar-refractivity contribution is 5.12. The Morgan fingerprint density at radius 2 is 2.35 bits per heavy atom. The molecule has 0 fully saturated rings. The number of aromatic amines is 1. The van der Waals surface area contributed by atoms with Crippen molar-refractivity contribution in [3.8, 4) is 6.19 Å². The van der Waals surface area contributed by atoms with Gasteiger partial charge in [0, 0.05) is 6.42 Å². The average molecular weight is 238 g/mol. The first-order valence-electron chi connectivity index (χ1n) is 5.48. The van der Waals surface area contributed by atoms with E-state index >= 15 is 0 Å². The van der Waals surface area contributed by atoms with Crippen LogP contribution in [0.1, 0.15) is 18.7 Å². The number of rotatable bonds is 8. The lowest BCUT2D eigenvalue weighted by Gasteiger charge is -2.15. The van der Waals surface area contributed by atoms with E-state index in [0.29, 0.717) is 0 Å². The van der Waals surface area contributed by atoms with Crippen molar-refractivity contribution in [2.45, 2.75) is 25.6 Å². The molecular formula is C9H18N8. The van der Waals surface area contributed by atoms with Crippen molar-refractivity contribution in [2.75, 3.05) is 19.3 Å². The molecule has 1 unspecified atom stereocenters. The van der Waals surface area contributed by atoms with Crippen LogP contribution in [0.15, 0.2) is 0 Å². The third kappa shape index (κ3) is 5.14. The lowest BCUT2D eigenvalue weighted by atomic mass is 10.2. The van der Waals surface area contributed by atoms with Gasteiger partial charge in [0.05, 0.1) is 0 Å². The zero-order chi connectivity index (χ0) is 12.5. The van der Waals surface area contributed by atoms with Crippen LogP contribution in [-0.2, 0) is 6.42 Å². The quantitative estimate of drug-likeness (QED) is 0.168. The topological polar surface area (TPSA) is 127 Å². The van der Waals surface area contributed by atoms with Crippen LogP contribution in [0.4, 0.5) is 5.95 Å². The fourth-order valence-electron chi connectivity index (χ4n) is 1.38. The molecule has 0 radical (unpaired) electrons. The number of H-pyrrole nitrogens is 1. The molecule has 6 N–H and O–H groups in total. The van der Waals surface area contributed by atoms with Crippen molar-refractivity contribution in [2.24, 2.45) is 0 Å². The van der Waals surface area contributed by atoms with Crippen molar-refractivity contribution in [3.05, 3.63) is 5.82 Å². The van der Waals surface area contributed by atoms with Gasteiger partial charge in [-0.3, -0.25) is 21.0 Å². The fourth-order valence-corrected chi connectivity index (χ4v) is 1.38. The van der Waals surface area contributed by atoms with E-state index in [9.17, 15) is 0 Å². The minimum Gasteiger partial charge on any atom is -0.367 e. The number of anilines is 1. The number of aryl methyl sites for hydroxylation is 1. The van der Waals surface area contributed by atoms with Crippen molar-refractivity contribution in [1.29, 1.82) is 5.26 Å². The van der Waals surface area contributed by atoms with Crippen molar-refractivity contribution in [3.63, 3.8) is 0 Å². The van der Waals surface area contributed by atoms with E-state index in [1.165, 1.54) is 0 Å². The maximum absolute atomic E-state index is 8.45. The Kier molecular flexibility index (Phi) is 5.77. The second-order valence-corrected chi connectivity index (χ2v) is 3.53. The maximum Gasteiger partial charge on any atom is 0.239 e. The molecule has 1 heterocycles. The number of nitrogen functional groups attached to an aromatic ring is 1. The lowest BCUT2D eigenvalue weighted by molar-refractivity contribution is 0.416. The van der Waals surface area contributed by atoms with Crippen molar-refractivity contribution >= 4 is 5.95 Å². The van der Waals surface area contributed by atoms with E-state index in [2.05, 4.69) is 31.1 Å². The SMILES string of the molecule is CNC(NC#N)NCCCCc1nc(N)n[nH]1. The second kappa shape index (κ2) is 7.43. The summed E-state index contributed by atoms with van der Waals surface area (Å²) >= 11 is 0. The summed E-state index contributed by atoms with van der Waals surface area (Å²) in [6.07, 6.45) is 4.47.